The van der Waals surface area contributed by atoms with Gasteiger partial charge in [-0.15, -0.1) is 0 Å². The van der Waals surface area contributed by atoms with E-state index in [1.165, 1.54) is 0 Å². The lowest BCUT2D eigenvalue weighted by atomic mass is 9.75. The minimum Gasteiger partial charge on any atom is -0.356 e. The van der Waals surface area contributed by atoms with Crippen LogP contribution < -0.4 is 10.6 Å². The molecule has 1 rings (SSSR count). The molecule has 0 aliphatic carbocycles. The van der Waals surface area contributed by atoms with Gasteiger partial charge in [-0.25, -0.2) is 0 Å². The van der Waals surface area contributed by atoms with Crippen molar-refractivity contribution in [2.24, 2.45) is 11.3 Å². The number of rotatable bonds is 6. The largest absolute Gasteiger partial charge is 0.389 e. The Kier molecular flexibility index (Phi) is 5.64. The summed E-state index contributed by atoms with van der Waals surface area (Å²) in [6.45, 7) is 5.81. The first kappa shape index (κ1) is 16.3. The standard InChI is InChI=1S/C13H23F3N2O/c1-10(2)12(6-8-17-9-12)11(19)18-7-4-3-5-13(14,15)16/h10,17H,3-9H2,1-2H3,(H,18,19). The lowest BCUT2D eigenvalue weighted by Crippen LogP contribution is -2.46. The van der Waals surface area contributed by atoms with Crippen molar-refractivity contribution in [1.29, 1.82) is 0 Å². The van der Waals surface area contributed by atoms with Crippen LogP contribution in [0.15, 0.2) is 0 Å². The van der Waals surface area contributed by atoms with Gasteiger partial charge in [0.1, 0.15) is 0 Å². The molecule has 1 saturated heterocycles. The maximum Gasteiger partial charge on any atom is 0.389 e. The number of carbonyl (C=O) groups is 1. The Morgan fingerprint density at radius 2 is 2.05 bits per heavy atom. The Balaban J connectivity index is 2.30. The Bertz CT molecular complexity index is 297. The number of halogens is 3. The number of amides is 1. The summed E-state index contributed by atoms with van der Waals surface area (Å²) in [6, 6.07) is 0. The van der Waals surface area contributed by atoms with Gasteiger partial charge in [0.2, 0.25) is 5.91 Å². The highest BCUT2D eigenvalue weighted by atomic mass is 19.4. The monoisotopic (exact) mass is 280 g/mol. The minimum absolute atomic E-state index is 0.0282. The number of hydrogen-bond donors (Lipinski definition) is 2. The fourth-order valence-electron chi connectivity index (χ4n) is 2.49. The highest BCUT2D eigenvalue weighted by Gasteiger charge is 2.43. The molecule has 1 fully saturated rings. The molecular weight excluding hydrogens is 257 g/mol. The van der Waals surface area contributed by atoms with E-state index in [0.29, 0.717) is 19.5 Å². The first-order valence-electron chi connectivity index (χ1n) is 6.84. The molecule has 1 amide bonds. The van der Waals surface area contributed by atoms with Crippen LogP contribution in [0.1, 0.15) is 39.5 Å². The molecule has 0 aromatic rings. The first-order valence-corrected chi connectivity index (χ1v) is 6.84. The van der Waals surface area contributed by atoms with Crippen molar-refractivity contribution in [3.8, 4) is 0 Å². The van der Waals surface area contributed by atoms with Crippen LogP contribution in [0.25, 0.3) is 0 Å². The van der Waals surface area contributed by atoms with Crippen LogP contribution in [0.2, 0.25) is 0 Å². The van der Waals surface area contributed by atoms with Crippen LogP contribution >= 0.6 is 0 Å². The molecule has 1 atom stereocenters. The van der Waals surface area contributed by atoms with Crippen molar-refractivity contribution in [2.75, 3.05) is 19.6 Å². The third kappa shape index (κ3) is 4.67. The first-order chi connectivity index (χ1) is 8.78. The summed E-state index contributed by atoms with van der Waals surface area (Å²) in [4.78, 5) is 12.2. The topological polar surface area (TPSA) is 41.1 Å². The summed E-state index contributed by atoms with van der Waals surface area (Å²) < 4.78 is 35.9. The maximum absolute atomic E-state index is 12.2. The molecule has 1 aliphatic heterocycles. The molecular formula is C13H23F3N2O. The zero-order chi connectivity index (χ0) is 14.5. The molecule has 1 heterocycles. The predicted octanol–water partition coefficient (Wildman–Crippen LogP) is 2.47. The molecule has 112 valence electrons. The SMILES string of the molecule is CC(C)C1(C(=O)NCCCCC(F)(F)F)CCNC1. The number of hydrogen-bond acceptors (Lipinski definition) is 2. The molecule has 6 heteroatoms. The normalized spacial score (nSPS) is 23.9. The van der Waals surface area contributed by atoms with Gasteiger partial charge in [0.05, 0.1) is 5.41 Å². The highest BCUT2D eigenvalue weighted by Crippen LogP contribution is 2.34. The lowest BCUT2D eigenvalue weighted by Gasteiger charge is -2.31. The van der Waals surface area contributed by atoms with Crippen LogP contribution in [0.5, 0.6) is 0 Å². The average Bonchev–Trinajstić information content (AvgIpc) is 2.76. The van der Waals surface area contributed by atoms with Gasteiger partial charge >= 0.3 is 6.18 Å². The van der Waals surface area contributed by atoms with Gasteiger partial charge in [0.25, 0.3) is 0 Å². The summed E-state index contributed by atoms with van der Waals surface area (Å²) in [7, 11) is 0. The van der Waals surface area contributed by atoms with Gasteiger partial charge in [-0.3, -0.25) is 4.79 Å². The quantitative estimate of drug-likeness (QED) is 0.734. The van der Waals surface area contributed by atoms with Crippen molar-refractivity contribution in [1.82, 2.24) is 10.6 Å². The second-order valence-corrected chi connectivity index (χ2v) is 5.57. The van der Waals surface area contributed by atoms with Crippen LogP contribution in [-0.4, -0.2) is 31.7 Å². The van der Waals surface area contributed by atoms with Gasteiger partial charge < -0.3 is 10.6 Å². The van der Waals surface area contributed by atoms with E-state index in [1.807, 2.05) is 13.8 Å². The molecule has 0 spiro atoms. The van der Waals surface area contributed by atoms with Gasteiger partial charge in [0, 0.05) is 19.5 Å². The highest BCUT2D eigenvalue weighted by molar-refractivity contribution is 5.83. The number of alkyl halides is 3. The van der Waals surface area contributed by atoms with E-state index in [-0.39, 0.29) is 18.2 Å². The van der Waals surface area contributed by atoms with E-state index in [4.69, 9.17) is 0 Å². The van der Waals surface area contributed by atoms with Crippen LogP contribution in [0, 0.1) is 11.3 Å². The van der Waals surface area contributed by atoms with E-state index in [9.17, 15) is 18.0 Å². The Hall–Kier alpha value is -0.780. The Labute approximate surface area is 112 Å². The van der Waals surface area contributed by atoms with E-state index in [2.05, 4.69) is 10.6 Å². The van der Waals surface area contributed by atoms with Crippen molar-refractivity contribution >= 4 is 5.91 Å². The molecule has 2 N–H and O–H groups in total. The van der Waals surface area contributed by atoms with Crippen LogP contribution in [0.4, 0.5) is 13.2 Å². The predicted molar refractivity (Wildman–Crippen MR) is 67.7 cm³/mol. The molecule has 3 nitrogen and oxygen atoms in total. The Morgan fingerprint density at radius 1 is 1.37 bits per heavy atom. The minimum atomic E-state index is -4.10. The summed E-state index contributed by atoms with van der Waals surface area (Å²) in [5.74, 6) is 0.192. The smallest absolute Gasteiger partial charge is 0.356 e. The zero-order valence-electron chi connectivity index (χ0n) is 11.6. The summed E-state index contributed by atoms with van der Waals surface area (Å²) in [6.07, 6.45) is -3.65. The summed E-state index contributed by atoms with van der Waals surface area (Å²) >= 11 is 0. The van der Waals surface area contributed by atoms with E-state index < -0.39 is 18.0 Å². The van der Waals surface area contributed by atoms with E-state index >= 15 is 0 Å². The molecule has 1 unspecified atom stereocenters. The van der Waals surface area contributed by atoms with Gasteiger partial charge in [-0.2, -0.15) is 13.2 Å². The second kappa shape index (κ2) is 6.59. The molecule has 0 bridgehead atoms. The third-order valence-electron chi connectivity index (χ3n) is 3.92. The van der Waals surface area contributed by atoms with Crippen molar-refractivity contribution in [3.05, 3.63) is 0 Å². The fraction of sp³-hybridized carbons (Fsp3) is 0.923. The number of unbranched alkanes of at least 4 members (excludes halogenated alkanes) is 1. The van der Waals surface area contributed by atoms with Crippen molar-refractivity contribution < 1.29 is 18.0 Å². The third-order valence-corrected chi connectivity index (χ3v) is 3.92. The molecule has 19 heavy (non-hydrogen) atoms. The number of carbonyl (C=O) groups excluding carboxylic acids is 1. The average molecular weight is 280 g/mol. The molecule has 0 aromatic heterocycles. The lowest BCUT2D eigenvalue weighted by molar-refractivity contribution is -0.135. The van der Waals surface area contributed by atoms with Crippen molar-refractivity contribution in [3.63, 3.8) is 0 Å². The van der Waals surface area contributed by atoms with Gasteiger partial charge in [0.15, 0.2) is 0 Å². The maximum atomic E-state index is 12.2. The van der Waals surface area contributed by atoms with Crippen LogP contribution in [0.3, 0.4) is 0 Å². The van der Waals surface area contributed by atoms with Gasteiger partial charge in [-0.1, -0.05) is 13.8 Å². The molecule has 0 saturated carbocycles. The zero-order valence-corrected chi connectivity index (χ0v) is 11.6. The van der Waals surface area contributed by atoms with E-state index in [0.717, 1.165) is 13.0 Å². The summed E-state index contributed by atoms with van der Waals surface area (Å²) in [5, 5.41) is 5.97. The van der Waals surface area contributed by atoms with Crippen molar-refractivity contribution in [2.45, 2.75) is 45.7 Å². The van der Waals surface area contributed by atoms with Crippen LogP contribution in [-0.2, 0) is 4.79 Å². The number of nitrogens with one attached hydrogen (secondary N) is 2. The molecule has 1 aliphatic rings. The second-order valence-electron chi connectivity index (χ2n) is 5.57. The fourth-order valence-corrected chi connectivity index (χ4v) is 2.49. The van der Waals surface area contributed by atoms with Gasteiger partial charge in [-0.05, 0) is 31.7 Å². The summed E-state index contributed by atoms with van der Waals surface area (Å²) in [5.41, 5.74) is -0.399. The van der Waals surface area contributed by atoms with E-state index in [1.54, 1.807) is 0 Å². The Morgan fingerprint density at radius 3 is 2.53 bits per heavy atom. The molecule has 0 radical (unpaired) electrons. The molecule has 0 aromatic carbocycles.